The fourth-order valence-corrected chi connectivity index (χ4v) is 2.14. The molecular weight excluding hydrogens is 234 g/mol. The van der Waals surface area contributed by atoms with Gasteiger partial charge in [-0.15, -0.1) is 0 Å². The van der Waals surface area contributed by atoms with Crippen LogP contribution in [-0.4, -0.2) is 32.1 Å². The second-order valence-electron chi connectivity index (χ2n) is 6.81. The summed E-state index contributed by atoms with van der Waals surface area (Å²) in [6.07, 6.45) is 0. The summed E-state index contributed by atoms with van der Waals surface area (Å²) in [5, 5.41) is 0. The van der Waals surface area contributed by atoms with E-state index in [4.69, 9.17) is 4.74 Å². The van der Waals surface area contributed by atoms with Crippen molar-refractivity contribution >= 4 is 0 Å². The molecule has 0 amide bonds. The first kappa shape index (κ1) is 16.0. The SMILES string of the molecule is CC(C)c1cc(OCCN(C)C)ccc1C(C)(C)C. The zero-order chi connectivity index (χ0) is 14.6. The molecule has 1 rings (SSSR count). The van der Waals surface area contributed by atoms with Gasteiger partial charge in [-0.3, -0.25) is 0 Å². The van der Waals surface area contributed by atoms with Crippen molar-refractivity contribution in [2.24, 2.45) is 0 Å². The number of likely N-dealkylation sites (N-methyl/N-ethyl adjacent to an activating group) is 1. The lowest BCUT2D eigenvalue weighted by atomic mass is 9.81. The molecule has 0 aliphatic carbocycles. The quantitative estimate of drug-likeness (QED) is 0.794. The molecule has 0 saturated carbocycles. The van der Waals surface area contributed by atoms with Gasteiger partial charge in [0.25, 0.3) is 0 Å². The van der Waals surface area contributed by atoms with Crippen LogP contribution in [0, 0.1) is 0 Å². The van der Waals surface area contributed by atoms with Gasteiger partial charge in [0.05, 0.1) is 0 Å². The average molecular weight is 263 g/mol. The second kappa shape index (κ2) is 6.42. The standard InChI is InChI=1S/C17H29NO/c1-13(2)15-12-14(19-11-10-18(6)7)8-9-16(15)17(3,4)5/h8-9,12-13H,10-11H2,1-7H3. The predicted octanol–water partition coefficient (Wildman–Crippen LogP) is 4.05. The molecule has 2 heteroatoms. The zero-order valence-electron chi connectivity index (χ0n) is 13.6. The highest BCUT2D eigenvalue weighted by Gasteiger charge is 2.19. The van der Waals surface area contributed by atoms with Crippen molar-refractivity contribution in [1.29, 1.82) is 0 Å². The molecule has 0 atom stereocenters. The Labute approximate surface area is 118 Å². The Bertz CT molecular complexity index is 402. The van der Waals surface area contributed by atoms with Gasteiger partial charge in [-0.25, -0.2) is 0 Å². The summed E-state index contributed by atoms with van der Waals surface area (Å²) in [6.45, 7) is 13.0. The Hall–Kier alpha value is -1.02. The lowest BCUT2D eigenvalue weighted by molar-refractivity contribution is 0.261. The minimum Gasteiger partial charge on any atom is -0.492 e. The van der Waals surface area contributed by atoms with E-state index in [1.165, 1.54) is 11.1 Å². The zero-order valence-corrected chi connectivity index (χ0v) is 13.6. The van der Waals surface area contributed by atoms with Crippen LogP contribution in [0.5, 0.6) is 5.75 Å². The van der Waals surface area contributed by atoms with E-state index >= 15 is 0 Å². The Morgan fingerprint density at radius 1 is 1.16 bits per heavy atom. The minimum absolute atomic E-state index is 0.182. The molecular formula is C17H29NO. The molecule has 0 saturated heterocycles. The van der Waals surface area contributed by atoms with Gasteiger partial charge in [0.1, 0.15) is 12.4 Å². The number of ether oxygens (including phenoxy) is 1. The van der Waals surface area contributed by atoms with Gasteiger partial charge in [0.15, 0.2) is 0 Å². The molecule has 0 aromatic heterocycles. The summed E-state index contributed by atoms with van der Waals surface area (Å²) in [4.78, 5) is 2.13. The predicted molar refractivity (Wildman–Crippen MR) is 83.3 cm³/mol. The molecule has 0 aliphatic rings. The molecule has 0 unspecified atom stereocenters. The summed E-state index contributed by atoms with van der Waals surface area (Å²) in [5.74, 6) is 1.50. The number of hydrogen-bond donors (Lipinski definition) is 0. The van der Waals surface area contributed by atoms with Gasteiger partial charge in [-0.2, -0.15) is 0 Å². The van der Waals surface area contributed by atoms with Crippen molar-refractivity contribution < 1.29 is 4.74 Å². The van der Waals surface area contributed by atoms with Crippen molar-refractivity contribution in [3.63, 3.8) is 0 Å². The van der Waals surface area contributed by atoms with E-state index in [9.17, 15) is 0 Å². The Morgan fingerprint density at radius 3 is 2.26 bits per heavy atom. The van der Waals surface area contributed by atoms with E-state index in [0.717, 1.165) is 18.9 Å². The fourth-order valence-electron chi connectivity index (χ4n) is 2.14. The molecule has 0 N–H and O–H groups in total. The van der Waals surface area contributed by atoms with E-state index in [1.54, 1.807) is 0 Å². The normalized spacial score (nSPS) is 12.3. The van der Waals surface area contributed by atoms with Crippen molar-refractivity contribution in [2.45, 2.75) is 46.0 Å². The number of rotatable bonds is 5. The lowest BCUT2D eigenvalue weighted by Crippen LogP contribution is -2.20. The first-order valence-electron chi connectivity index (χ1n) is 7.13. The molecule has 0 fully saturated rings. The van der Waals surface area contributed by atoms with Crippen molar-refractivity contribution in [3.8, 4) is 5.75 Å². The number of nitrogens with zero attached hydrogens (tertiary/aromatic N) is 1. The Balaban J connectivity index is 2.91. The Morgan fingerprint density at radius 2 is 1.79 bits per heavy atom. The maximum Gasteiger partial charge on any atom is 0.119 e. The highest BCUT2D eigenvalue weighted by atomic mass is 16.5. The molecule has 0 spiro atoms. The molecule has 1 aromatic rings. The van der Waals surface area contributed by atoms with Crippen LogP contribution >= 0.6 is 0 Å². The van der Waals surface area contributed by atoms with Crippen LogP contribution in [0.2, 0.25) is 0 Å². The third kappa shape index (κ3) is 4.87. The van der Waals surface area contributed by atoms with Gasteiger partial charge in [-0.1, -0.05) is 40.7 Å². The van der Waals surface area contributed by atoms with Crippen molar-refractivity contribution in [2.75, 3.05) is 27.2 Å². The number of hydrogen-bond acceptors (Lipinski definition) is 2. The van der Waals surface area contributed by atoms with Crippen LogP contribution < -0.4 is 4.74 Å². The summed E-state index contributed by atoms with van der Waals surface area (Å²) in [5.41, 5.74) is 3.00. The molecule has 0 aliphatic heterocycles. The van der Waals surface area contributed by atoms with Crippen molar-refractivity contribution in [1.82, 2.24) is 4.90 Å². The Kier molecular flexibility index (Phi) is 5.42. The van der Waals surface area contributed by atoms with Gasteiger partial charge in [-0.05, 0) is 48.7 Å². The molecule has 0 radical (unpaired) electrons. The maximum atomic E-state index is 5.83. The lowest BCUT2D eigenvalue weighted by Gasteiger charge is -2.25. The third-order valence-electron chi connectivity index (χ3n) is 3.26. The van der Waals surface area contributed by atoms with Crippen LogP contribution in [0.25, 0.3) is 0 Å². The molecule has 0 heterocycles. The van der Waals surface area contributed by atoms with Gasteiger partial charge < -0.3 is 9.64 Å². The second-order valence-corrected chi connectivity index (χ2v) is 6.81. The minimum atomic E-state index is 0.182. The maximum absolute atomic E-state index is 5.83. The first-order valence-corrected chi connectivity index (χ1v) is 7.13. The average Bonchev–Trinajstić information content (AvgIpc) is 2.26. The first-order chi connectivity index (χ1) is 8.71. The van der Waals surface area contributed by atoms with E-state index in [2.05, 4.69) is 71.8 Å². The smallest absolute Gasteiger partial charge is 0.119 e. The van der Waals surface area contributed by atoms with E-state index < -0.39 is 0 Å². The number of benzene rings is 1. The van der Waals surface area contributed by atoms with E-state index in [1.807, 2.05) is 0 Å². The van der Waals surface area contributed by atoms with Gasteiger partial charge in [0, 0.05) is 6.54 Å². The van der Waals surface area contributed by atoms with Crippen LogP contribution in [0.3, 0.4) is 0 Å². The highest BCUT2D eigenvalue weighted by Crippen LogP contribution is 2.33. The topological polar surface area (TPSA) is 12.5 Å². The monoisotopic (exact) mass is 263 g/mol. The molecule has 1 aromatic carbocycles. The summed E-state index contributed by atoms with van der Waals surface area (Å²) in [7, 11) is 4.12. The van der Waals surface area contributed by atoms with Crippen LogP contribution in [-0.2, 0) is 5.41 Å². The molecule has 19 heavy (non-hydrogen) atoms. The fraction of sp³-hybridized carbons (Fsp3) is 0.647. The van der Waals surface area contributed by atoms with Crippen LogP contribution in [0.4, 0.5) is 0 Å². The van der Waals surface area contributed by atoms with E-state index in [-0.39, 0.29) is 5.41 Å². The third-order valence-corrected chi connectivity index (χ3v) is 3.26. The highest BCUT2D eigenvalue weighted by molar-refractivity contribution is 5.41. The summed E-state index contributed by atoms with van der Waals surface area (Å²) in [6, 6.07) is 6.53. The largest absolute Gasteiger partial charge is 0.492 e. The van der Waals surface area contributed by atoms with Gasteiger partial charge in [0.2, 0.25) is 0 Å². The van der Waals surface area contributed by atoms with Crippen LogP contribution in [0.1, 0.15) is 51.7 Å². The summed E-state index contributed by atoms with van der Waals surface area (Å²) >= 11 is 0. The van der Waals surface area contributed by atoms with E-state index in [0.29, 0.717) is 5.92 Å². The van der Waals surface area contributed by atoms with Crippen LogP contribution in [0.15, 0.2) is 18.2 Å². The van der Waals surface area contributed by atoms with Crippen molar-refractivity contribution in [3.05, 3.63) is 29.3 Å². The summed E-state index contributed by atoms with van der Waals surface area (Å²) < 4.78 is 5.83. The van der Waals surface area contributed by atoms with Gasteiger partial charge >= 0.3 is 0 Å². The molecule has 108 valence electrons. The molecule has 2 nitrogen and oxygen atoms in total. The molecule has 0 bridgehead atoms.